The summed E-state index contributed by atoms with van der Waals surface area (Å²) >= 11 is 3.40. The number of nitrogens with zero attached hydrogens (tertiary/aromatic N) is 2. The molecule has 0 aliphatic carbocycles. The Labute approximate surface area is 158 Å². The monoisotopic (exact) mass is 416 g/mol. The minimum absolute atomic E-state index is 0.102. The van der Waals surface area contributed by atoms with Gasteiger partial charge < -0.3 is 10.2 Å². The van der Waals surface area contributed by atoms with Crippen LogP contribution in [0.5, 0.6) is 5.75 Å². The zero-order valence-electron chi connectivity index (χ0n) is 13.8. The van der Waals surface area contributed by atoms with Gasteiger partial charge in [-0.05, 0) is 47.5 Å². The average molecular weight is 417 g/mol. The summed E-state index contributed by atoms with van der Waals surface area (Å²) < 4.78 is 0.933. The molecule has 1 heterocycles. The Morgan fingerprint density at radius 1 is 1.08 bits per heavy atom. The predicted molar refractivity (Wildman–Crippen MR) is 99.9 cm³/mol. The summed E-state index contributed by atoms with van der Waals surface area (Å²) in [6.07, 6.45) is 0.187. The fraction of sp³-hybridized carbons (Fsp3) is 0.211. The third-order valence-electron chi connectivity index (χ3n) is 4.17. The maximum atomic E-state index is 12.5. The first kappa shape index (κ1) is 18.1. The molecule has 0 radical (unpaired) electrons. The summed E-state index contributed by atoms with van der Waals surface area (Å²) in [7, 11) is 0. The van der Waals surface area contributed by atoms with Gasteiger partial charge in [0, 0.05) is 17.3 Å². The molecule has 2 aromatic rings. The number of aromatic hydroxyl groups is 1. The minimum Gasteiger partial charge on any atom is -0.508 e. The van der Waals surface area contributed by atoms with Gasteiger partial charge in [0.15, 0.2) is 0 Å². The van der Waals surface area contributed by atoms with Crippen molar-refractivity contribution in [2.75, 3.05) is 0 Å². The van der Waals surface area contributed by atoms with Gasteiger partial charge in [-0.25, -0.2) is 5.01 Å². The van der Waals surface area contributed by atoms with Gasteiger partial charge >= 0.3 is 5.97 Å². The Morgan fingerprint density at radius 2 is 1.73 bits per heavy atom. The Bertz CT molecular complexity index is 847. The molecule has 2 N–H and O–H groups in total. The number of phenolic OH excluding ortho intramolecular Hbond substituents is 1. The first-order valence-corrected chi connectivity index (χ1v) is 8.89. The van der Waals surface area contributed by atoms with Crippen molar-refractivity contribution in [1.29, 1.82) is 0 Å². The van der Waals surface area contributed by atoms with Crippen molar-refractivity contribution < 1.29 is 19.8 Å². The van der Waals surface area contributed by atoms with E-state index in [0.29, 0.717) is 6.42 Å². The highest BCUT2D eigenvalue weighted by Crippen LogP contribution is 2.34. The lowest BCUT2D eigenvalue weighted by Crippen LogP contribution is -2.27. The molecule has 0 bridgehead atoms. The topological polar surface area (TPSA) is 90.2 Å². The van der Waals surface area contributed by atoms with Gasteiger partial charge in [-0.3, -0.25) is 9.59 Å². The average Bonchev–Trinajstić information content (AvgIpc) is 3.06. The number of hydrazone groups is 1. The van der Waals surface area contributed by atoms with E-state index in [0.717, 1.165) is 21.3 Å². The van der Waals surface area contributed by atoms with Gasteiger partial charge in [-0.2, -0.15) is 5.10 Å². The van der Waals surface area contributed by atoms with E-state index < -0.39 is 5.97 Å². The molecule has 0 saturated heterocycles. The van der Waals surface area contributed by atoms with Crippen molar-refractivity contribution in [3.05, 3.63) is 64.1 Å². The third kappa shape index (κ3) is 4.11. The van der Waals surface area contributed by atoms with Crippen LogP contribution < -0.4 is 0 Å². The number of rotatable bonds is 5. The zero-order chi connectivity index (χ0) is 18.7. The van der Waals surface area contributed by atoms with Gasteiger partial charge in [-0.15, -0.1) is 0 Å². The number of amides is 1. The fourth-order valence-electron chi connectivity index (χ4n) is 2.84. The van der Waals surface area contributed by atoms with Crippen LogP contribution >= 0.6 is 15.9 Å². The Balaban J connectivity index is 1.89. The molecule has 0 saturated carbocycles. The Hall–Kier alpha value is -2.67. The van der Waals surface area contributed by atoms with E-state index in [1.54, 1.807) is 24.3 Å². The molecule has 7 heteroatoms. The highest BCUT2D eigenvalue weighted by Gasteiger charge is 2.33. The number of halogens is 1. The standard InChI is InChI=1S/C19H17BrN2O4/c20-14-5-1-13(2-6-14)17-11-16(12-3-7-15(23)8-4-12)21-22(17)18(24)9-10-19(25)26/h1-8,17,23H,9-11H2,(H,25,26)/t17-/m0/s1. The SMILES string of the molecule is O=C(O)CCC(=O)N1N=C(c2ccc(O)cc2)C[C@H]1c1ccc(Br)cc1. The molecular weight excluding hydrogens is 400 g/mol. The highest BCUT2D eigenvalue weighted by atomic mass is 79.9. The maximum Gasteiger partial charge on any atom is 0.303 e. The van der Waals surface area contributed by atoms with Crippen molar-refractivity contribution >= 4 is 33.5 Å². The lowest BCUT2D eigenvalue weighted by Gasteiger charge is -2.22. The molecule has 1 amide bonds. The summed E-state index contributed by atoms with van der Waals surface area (Å²) in [4.78, 5) is 23.3. The third-order valence-corrected chi connectivity index (χ3v) is 4.70. The van der Waals surface area contributed by atoms with Crippen LogP contribution in [0.3, 0.4) is 0 Å². The van der Waals surface area contributed by atoms with Crippen LogP contribution in [0.4, 0.5) is 0 Å². The van der Waals surface area contributed by atoms with Gasteiger partial charge in [0.2, 0.25) is 5.91 Å². The molecule has 1 aliphatic rings. The van der Waals surface area contributed by atoms with E-state index in [9.17, 15) is 14.7 Å². The minimum atomic E-state index is -1.01. The van der Waals surface area contributed by atoms with Crippen LogP contribution in [0.15, 0.2) is 58.1 Å². The molecular formula is C19H17BrN2O4. The van der Waals surface area contributed by atoms with Gasteiger partial charge in [0.05, 0.1) is 18.2 Å². The van der Waals surface area contributed by atoms with Crippen LogP contribution in [0, 0.1) is 0 Å². The highest BCUT2D eigenvalue weighted by molar-refractivity contribution is 9.10. The second-order valence-electron chi connectivity index (χ2n) is 6.00. The molecule has 0 spiro atoms. The molecule has 1 atom stereocenters. The van der Waals surface area contributed by atoms with Crippen LogP contribution in [-0.4, -0.2) is 32.8 Å². The summed E-state index contributed by atoms with van der Waals surface area (Å²) in [5.41, 5.74) is 2.47. The molecule has 0 aromatic heterocycles. The molecule has 26 heavy (non-hydrogen) atoms. The summed E-state index contributed by atoms with van der Waals surface area (Å²) in [6.45, 7) is 0. The smallest absolute Gasteiger partial charge is 0.303 e. The Kier molecular flexibility index (Phi) is 5.37. The first-order chi connectivity index (χ1) is 12.4. The maximum absolute atomic E-state index is 12.5. The summed E-state index contributed by atoms with van der Waals surface area (Å²) in [5, 5.41) is 24.1. The number of carbonyl (C=O) groups excluding carboxylic acids is 1. The largest absolute Gasteiger partial charge is 0.508 e. The number of carboxylic acids is 1. The van der Waals surface area contributed by atoms with Crippen molar-refractivity contribution in [3.8, 4) is 5.75 Å². The van der Waals surface area contributed by atoms with E-state index >= 15 is 0 Å². The number of benzene rings is 2. The number of carboxylic acid groups (broad SMARTS) is 1. The number of hydrogen-bond donors (Lipinski definition) is 2. The lowest BCUT2D eigenvalue weighted by atomic mass is 9.98. The second-order valence-corrected chi connectivity index (χ2v) is 6.91. The van der Waals surface area contributed by atoms with E-state index in [1.165, 1.54) is 5.01 Å². The van der Waals surface area contributed by atoms with Gasteiger partial charge in [0.1, 0.15) is 5.75 Å². The summed E-state index contributed by atoms with van der Waals surface area (Å²) in [5.74, 6) is -1.18. The van der Waals surface area contributed by atoms with E-state index in [-0.39, 0.29) is 30.5 Å². The molecule has 6 nitrogen and oxygen atoms in total. The van der Waals surface area contributed by atoms with Crippen molar-refractivity contribution in [1.82, 2.24) is 5.01 Å². The fourth-order valence-corrected chi connectivity index (χ4v) is 3.11. The van der Waals surface area contributed by atoms with Crippen LogP contribution in [0.25, 0.3) is 0 Å². The number of phenols is 1. The molecule has 0 unspecified atom stereocenters. The summed E-state index contributed by atoms with van der Waals surface area (Å²) in [6, 6.07) is 14.0. The molecule has 134 valence electrons. The lowest BCUT2D eigenvalue weighted by molar-refractivity contribution is -0.141. The molecule has 1 aliphatic heterocycles. The molecule has 2 aromatic carbocycles. The van der Waals surface area contributed by atoms with Crippen LogP contribution in [-0.2, 0) is 9.59 Å². The second kappa shape index (κ2) is 7.70. The molecule has 3 rings (SSSR count). The predicted octanol–water partition coefficient (Wildman–Crippen LogP) is 3.70. The normalized spacial score (nSPS) is 16.4. The van der Waals surface area contributed by atoms with E-state index in [1.807, 2.05) is 24.3 Å². The molecule has 0 fully saturated rings. The van der Waals surface area contributed by atoms with E-state index in [4.69, 9.17) is 5.11 Å². The van der Waals surface area contributed by atoms with Crippen molar-refractivity contribution in [2.24, 2.45) is 5.10 Å². The van der Waals surface area contributed by atoms with Gasteiger partial charge in [0.25, 0.3) is 0 Å². The zero-order valence-corrected chi connectivity index (χ0v) is 15.4. The van der Waals surface area contributed by atoms with E-state index in [2.05, 4.69) is 21.0 Å². The van der Waals surface area contributed by atoms with Gasteiger partial charge in [-0.1, -0.05) is 28.1 Å². The number of carbonyl (C=O) groups is 2. The van der Waals surface area contributed by atoms with Crippen LogP contribution in [0.1, 0.15) is 36.4 Å². The van der Waals surface area contributed by atoms with Crippen LogP contribution in [0.2, 0.25) is 0 Å². The first-order valence-electron chi connectivity index (χ1n) is 8.10. The van der Waals surface area contributed by atoms with Crippen molar-refractivity contribution in [3.63, 3.8) is 0 Å². The Morgan fingerprint density at radius 3 is 2.35 bits per heavy atom. The van der Waals surface area contributed by atoms with Crippen molar-refractivity contribution in [2.45, 2.75) is 25.3 Å². The number of aliphatic carboxylic acids is 1. The quantitative estimate of drug-likeness (QED) is 0.777. The number of hydrogen-bond acceptors (Lipinski definition) is 4.